The van der Waals surface area contributed by atoms with E-state index >= 15 is 0 Å². The van der Waals surface area contributed by atoms with Gasteiger partial charge in [-0.25, -0.2) is 12.8 Å². The highest BCUT2D eigenvalue weighted by Gasteiger charge is 2.23. The van der Waals surface area contributed by atoms with Gasteiger partial charge in [0.1, 0.15) is 5.82 Å². The Kier molecular flexibility index (Phi) is 6.10. The predicted octanol–water partition coefficient (Wildman–Crippen LogP) is 2.26. The Morgan fingerprint density at radius 3 is 2.31 bits per heavy atom. The van der Waals surface area contributed by atoms with Crippen molar-refractivity contribution in [2.75, 3.05) is 13.4 Å². The molecule has 26 heavy (non-hydrogen) atoms. The number of sulfone groups is 1. The summed E-state index contributed by atoms with van der Waals surface area (Å²) < 4.78 is 41.5. The van der Waals surface area contributed by atoms with Crippen LogP contribution in [0.15, 0.2) is 53.4 Å². The van der Waals surface area contributed by atoms with Crippen LogP contribution in [0, 0.1) is 5.82 Å². The minimum absolute atomic E-state index is 0.0352. The van der Waals surface area contributed by atoms with Crippen molar-refractivity contribution in [2.24, 2.45) is 0 Å². The van der Waals surface area contributed by atoms with Crippen molar-refractivity contribution in [2.45, 2.75) is 17.4 Å². The Labute approximate surface area is 150 Å². The molecule has 1 atom stereocenters. The molecular weight excluding hydrogens is 361 g/mol. The number of rotatable bonds is 6. The number of hydrogen-bond donors (Lipinski definition) is 1. The number of ether oxygens (including phenoxy) is 1. The average molecular weight is 379 g/mol. The van der Waals surface area contributed by atoms with Gasteiger partial charge in [-0.3, -0.25) is 9.59 Å². The number of esters is 1. The molecule has 2 rings (SSSR count). The predicted molar refractivity (Wildman–Crippen MR) is 92.8 cm³/mol. The van der Waals surface area contributed by atoms with E-state index in [9.17, 15) is 22.4 Å². The molecule has 0 bridgehead atoms. The second-order valence-corrected chi connectivity index (χ2v) is 7.61. The van der Waals surface area contributed by atoms with Crippen molar-refractivity contribution in [3.63, 3.8) is 0 Å². The van der Waals surface area contributed by atoms with Crippen LogP contribution in [0.1, 0.15) is 28.4 Å². The Hall–Kier alpha value is -2.74. The third kappa shape index (κ3) is 4.89. The molecule has 138 valence electrons. The topological polar surface area (TPSA) is 89.5 Å². The number of benzene rings is 2. The number of methoxy groups -OCH3 is 1. The van der Waals surface area contributed by atoms with Crippen LogP contribution in [-0.4, -0.2) is 33.7 Å². The highest BCUT2D eigenvalue weighted by atomic mass is 32.2. The molecular formula is C18H18FNO5S. The van der Waals surface area contributed by atoms with E-state index in [-0.39, 0.29) is 16.9 Å². The Morgan fingerprint density at radius 1 is 1.12 bits per heavy atom. The van der Waals surface area contributed by atoms with Crippen LogP contribution >= 0.6 is 0 Å². The molecule has 0 radical (unpaired) electrons. The minimum atomic E-state index is -3.61. The quantitative estimate of drug-likeness (QED) is 0.778. The zero-order valence-electron chi connectivity index (χ0n) is 14.2. The minimum Gasteiger partial charge on any atom is -0.469 e. The SMILES string of the molecule is COC(=O)C[C@H](NC(=O)c1ccccc1S(C)(=O)=O)c1ccc(F)cc1. The van der Waals surface area contributed by atoms with E-state index in [0.29, 0.717) is 5.56 Å². The average Bonchev–Trinajstić information content (AvgIpc) is 2.61. The van der Waals surface area contributed by atoms with Crippen LogP contribution in [-0.2, 0) is 19.4 Å². The van der Waals surface area contributed by atoms with Crippen molar-refractivity contribution in [1.29, 1.82) is 0 Å². The fourth-order valence-corrected chi connectivity index (χ4v) is 3.30. The smallest absolute Gasteiger partial charge is 0.307 e. The summed E-state index contributed by atoms with van der Waals surface area (Å²) in [6, 6.07) is 10.2. The molecule has 0 spiro atoms. The van der Waals surface area contributed by atoms with E-state index in [1.165, 1.54) is 55.6 Å². The zero-order valence-corrected chi connectivity index (χ0v) is 15.0. The lowest BCUT2D eigenvalue weighted by molar-refractivity contribution is -0.141. The summed E-state index contributed by atoms with van der Waals surface area (Å²) in [5.41, 5.74) is 0.453. The molecule has 8 heteroatoms. The van der Waals surface area contributed by atoms with Crippen molar-refractivity contribution in [3.05, 3.63) is 65.5 Å². The molecule has 0 unspecified atom stereocenters. The van der Waals surface area contributed by atoms with Gasteiger partial charge in [-0.15, -0.1) is 0 Å². The van der Waals surface area contributed by atoms with Gasteiger partial charge < -0.3 is 10.1 Å². The molecule has 0 aliphatic carbocycles. The Balaban J connectivity index is 2.35. The van der Waals surface area contributed by atoms with Crippen molar-refractivity contribution >= 4 is 21.7 Å². The molecule has 0 saturated carbocycles. The monoisotopic (exact) mass is 379 g/mol. The van der Waals surface area contributed by atoms with Crippen LogP contribution in [0.25, 0.3) is 0 Å². The third-order valence-electron chi connectivity index (χ3n) is 3.71. The fraction of sp³-hybridized carbons (Fsp3) is 0.222. The van der Waals surface area contributed by atoms with Crippen LogP contribution in [0.4, 0.5) is 4.39 Å². The highest BCUT2D eigenvalue weighted by Crippen LogP contribution is 2.21. The van der Waals surface area contributed by atoms with Gasteiger partial charge in [0.15, 0.2) is 9.84 Å². The van der Waals surface area contributed by atoms with Crippen molar-refractivity contribution in [1.82, 2.24) is 5.32 Å². The van der Waals surface area contributed by atoms with Gasteiger partial charge in [0.25, 0.3) is 5.91 Å². The number of nitrogens with one attached hydrogen (secondary N) is 1. The standard InChI is InChI=1S/C18H18FNO5S/c1-25-17(21)11-15(12-7-9-13(19)10-8-12)20-18(22)14-5-3-4-6-16(14)26(2,23)24/h3-10,15H,11H2,1-2H3,(H,20,22)/t15-/m0/s1. The third-order valence-corrected chi connectivity index (χ3v) is 4.86. The summed E-state index contributed by atoms with van der Waals surface area (Å²) in [7, 11) is -2.40. The van der Waals surface area contributed by atoms with E-state index < -0.39 is 33.6 Å². The maximum Gasteiger partial charge on any atom is 0.307 e. The molecule has 2 aromatic rings. The maximum absolute atomic E-state index is 13.1. The summed E-state index contributed by atoms with van der Waals surface area (Å²) in [5, 5.41) is 2.62. The number of hydrogen-bond acceptors (Lipinski definition) is 5. The molecule has 6 nitrogen and oxygen atoms in total. The highest BCUT2D eigenvalue weighted by molar-refractivity contribution is 7.90. The Bertz CT molecular complexity index is 909. The molecule has 1 amide bonds. The Morgan fingerprint density at radius 2 is 1.73 bits per heavy atom. The van der Waals surface area contributed by atoms with E-state index in [4.69, 9.17) is 0 Å². The lowest BCUT2D eigenvalue weighted by Gasteiger charge is -2.19. The summed E-state index contributed by atoms with van der Waals surface area (Å²) in [6.07, 6.45) is 0.819. The second kappa shape index (κ2) is 8.09. The van der Waals surface area contributed by atoms with Crippen molar-refractivity contribution < 1.29 is 27.1 Å². The summed E-state index contributed by atoms with van der Waals surface area (Å²) >= 11 is 0. The zero-order chi connectivity index (χ0) is 19.3. The van der Waals surface area contributed by atoms with Crippen LogP contribution in [0.5, 0.6) is 0 Å². The van der Waals surface area contributed by atoms with Crippen LogP contribution < -0.4 is 5.32 Å². The van der Waals surface area contributed by atoms with Gasteiger partial charge in [-0.05, 0) is 29.8 Å². The molecule has 0 aliphatic heterocycles. The number of carbonyl (C=O) groups is 2. The summed E-state index contributed by atoms with van der Waals surface area (Å²) in [4.78, 5) is 24.2. The second-order valence-electron chi connectivity index (χ2n) is 5.63. The normalized spacial score (nSPS) is 12.3. The van der Waals surface area contributed by atoms with Gasteiger partial charge in [0.05, 0.1) is 30.0 Å². The molecule has 0 heterocycles. The van der Waals surface area contributed by atoms with Crippen LogP contribution in [0.3, 0.4) is 0 Å². The first-order valence-corrected chi connectivity index (χ1v) is 9.53. The lowest BCUT2D eigenvalue weighted by atomic mass is 10.0. The van der Waals surface area contributed by atoms with E-state index in [1.54, 1.807) is 0 Å². The lowest BCUT2D eigenvalue weighted by Crippen LogP contribution is -2.31. The largest absolute Gasteiger partial charge is 0.469 e. The summed E-state index contributed by atoms with van der Waals surface area (Å²) in [5.74, 6) is -1.69. The van der Waals surface area contributed by atoms with Gasteiger partial charge in [0, 0.05) is 6.26 Å². The van der Waals surface area contributed by atoms with Crippen molar-refractivity contribution in [3.8, 4) is 0 Å². The maximum atomic E-state index is 13.1. The number of amides is 1. The van der Waals surface area contributed by atoms with Gasteiger partial charge in [-0.2, -0.15) is 0 Å². The molecule has 1 N–H and O–H groups in total. The van der Waals surface area contributed by atoms with E-state index in [2.05, 4.69) is 10.1 Å². The fourth-order valence-electron chi connectivity index (χ4n) is 2.41. The molecule has 2 aromatic carbocycles. The first kappa shape index (κ1) is 19.6. The van der Waals surface area contributed by atoms with E-state index in [1.807, 2.05) is 0 Å². The number of carbonyl (C=O) groups excluding carboxylic acids is 2. The summed E-state index contributed by atoms with van der Waals surface area (Å²) in [6.45, 7) is 0. The van der Waals surface area contributed by atoms with Crippen LogP contribution in [0.2, 0.25) is 0 Å². The van der Waals surface area contributed by atoms with Gasteiger partial charge in [0.2, 0.25) is 0 Å². The number of halogens is 1. The van der Waals surface area contributed by atoms with E-state index in [0.717, 1.165) is 6.26 Å². The first-order valence-electron chi connectivity index (χ1n) is 7.64. The molecule has 0 aromatic heterocycles. The van der Waals surface area contributed by atoms with Gasteiger partial charge in [-0.1, -0.05) is 24.3 Å². The molecule has 0 aliphatic rings. The first-order chi connectivity index (χ1) is 12.2. The molecule has 0 fully saturated rings. The van der Waals surface area contributed by atoms with Gasteiger partial charge >= 0.3 is 5.97 Å². The molecule has 0 saturated heterocycles.